The van der Waals surface area contributed by atoms with Gasteiger partial charge in [0.05, 0.1) is 13.7 Å². The van der Waals surface area contributed by atoms with Crippen molar-refractivity contribution in [1.29, 1.82) is 0 Å². The molecule has 0 aromatic heterocycles. The van der Waals surface area contributed by atoms with Crippen LogP contribution in [0.2, 0.25) is 0 Å². The minimum atomic E-state index is 0.0685. The monoisotopic (exact) mass is 315 g/mol. The third-order valence-corrected chi connectivity index (χ3v) is 2.87. The van der Waals surface area contributed by atoms with Crippen LogP contribution in [-0.4, -0.2) is 19.3 Å². The molecule has 0 radical (unpaired) electrons. The maximum absolute atomic E-state index is 5.69. The number of rotatable bonds is 5. The molecule has 0 aliphatic carbocycles. The lowest BCUT2D eigenvalue weighted by Crippen LogP contribution is -2.35. The minimum absolute atomic E-state index is 0.0685. The van der Waals surface area contributed by atoms with Crippen LogP contribution in [0, 0.1) is 0 Å². The SMILES string of the molecule is CCOc1c(CNC(C)(C)C)cc(Br)cc1OC. The predicted octanol–water partition coefficient (Wildman–Crippen LogP) is 3.74. The van der Waals surface area contributed by atoms with Gasteiger partial charge in [-0.3, -0.25) is 0 Å². The van der Waals surface area contributed by atoms with E-state index in [0.29, 0.717) is 6.61 Å². The molecule has 0 aliphatic rings. The first kappa shape index (κ1) is 15.3. The largest absolute Gasteiger partial charge is 0.493 e. The predicted molar refractivity (Wildman–Crippen MR) is 78.5 cm³/mol. The molecule has 0 saturated carbocycles. The summed E-state index contributed by atoms with van der Waals surface area (Å²) in [4.78, 5) is 0. The van der Waals surface area contributed by atoms with Crippen molar-refractivity contribution in [2.75, 3.05) is 13.7 Å². The normalized spacial score (nSPS) is 11.4. The highest BCUT2D eigenvalue weighted by atomic mass is 79.9. The summed E-state index contributed by atoms with van der Waals surface area (Å²) in [5.74, 6) is 1.58. The third-order valence-electron chi connectivity index (χ3n) is 2.41. The van der Waals surface area contributed by atoms with E-state index in [-0.39, 0.29) is 5.54 Å². The molecule has 0 unspecified atom stereocenters. The first-order valence-corrected chi connectivity index (χ1v) is 6.91. The molecule has 0 amide bonds. The summed E-state index contributed by atoms with van der Waals surface area (Å²) in [5, 5.41) is 3.46. The number of hydrogen-bond donors (Lipinski definition) is 1. The van der Waals surface area contributed by atoms with Crippen LogP contribution in [0.5, 0.6) is 11.5 Å². The number of ether oxygens (including phenoxy) is 2. The van der Waals surface area contributed by atoms with Crippen molar-refractivity contribution in [3.8, 4) is 11.5 Å². The number of benzene rings is 1. The van der Waals surface area contributed by atoms with Crippen molar-refractivity contribution in [2.45, 2.75) is 39.8 Å². The number of nitrogens with one attached hydrogen (secondary N) is 1. The van der Waals surface area contributed by atoms with Crippen molar-refractivity contribution < 1.29 is 9.47 Å². The van der Waals surface area contributed by atoms with E-state index >= 15 is 0 Å². The number of halogens is 1. The van der Waals surface area contributed by atoms with E-state index in [2.05, 4.69) is 48.1 Å². The van der Waals surface area contributed by atoms with Crippen molar-refractivity contribution >= 4 is 15.9 Å². The second kappa shape index (κ2) is 6.43. The third kappa shape index (κ3) is 4.50. The quantitative estimate of drug-likeness (QED) is 0.897. The maximum Gasteiger partial charge on any atom is 0.165 e. The molecule has 18 heavy (non-hydrogen) atoms. The molecule has 0 heterocycles. The Hall–Kier alpha value is -0.740. The van der Waals surface area contributed by atoms with Crippen LogP contribution >= 0.6 is 15.9 Å². The molecule has 1 rings (SSSR count). The molecule has 0 fully saturated rings. The van der Waals surface area contributed by atoms with E-state index in [1.807, 2.05) is 13.0 Å². The zero-order chi connectivity index (χ0) is 13.8. The molecule has 0 saturated heterocycles. The molecule has 0 spiro atoms. The smallest absolute Gasteiger partial charge is 0.165 e. The van der Waals surface area contributed by atoms with Crippen LogP contribution in [0.25, 0.3) is 0 Å². The van der Waals surface area contributed by atoms with E-state index in [4.69, 9.17) is 9.47 Å². The summed E-state index contributed by atoms with van der Waals surface area (Å²) in [7, 11) is 1.66. The number of methoxy groups -OCH3 is 1. The van der Waals surface area contributed by atoms with Crippen molar-refractivity contribution in [2.24, 2.45) is 0 Å². The van der Waals surface area contributed by atoms with Crippen molar-refractivity contribution in [3.63, 3.8) is 0 Å². The fraction of sp³-hybridized carbons (Fsp3) is 0.571. The van der Waals surface area contributed by atoms with E-state index < -0.39 is 0 Å². The van der Waals surface area contributed by atoms with Gasteiger partial charge >= 0.3 is 0 Å². The van der Waals surface area contributed by atoms with Crippen LogP contribution < -0.4 is 14.8 Å². The van der Waals surface area contributed by atoms with E-state index in [9.17, 15) is 0 Å². The van der Waals surface area contributed by atoms with Gasteiger partial charge in [0.1, 0.15) is 0 Å². The highest BCUT2D eigenvalue weighted by Crippen LogP contribution is 2.35. The zero-order valence-electron chi connectivity index (χ0n) is 11.8. The van der Waals surface area contributed by atoms with Gasteiger partial charge in [0.15, 0.2) is 11.5 Å². The lowest BCUT2D eigenvalue weighted by molar-refractivity contribution is 0.304. The van der Waals surface area contributed by atoms with Gasteiger partial charge in [-0.2, -0.15) is 0 Å². The van der Waals surface area contributed by atoms with Crippen LogP contribution in [0.15, 0.2) is 16.6 Å². The minimum Gasteiger partial charge on any atom is -0.493 e. The average Bonchev–Trinajstić information content (AvgIpc) is 2.28. The summed E-state index contributed by atoms with van der Waals surface area (Å²) in [5.41, 5.74) is 1.16. The summed E-state index contributed by atoms with van der Waals surface area (Å²) >= 11 is 3.50. The molecular weight excluding hydrogens is 294 g/mol. The molecule has 1 N–H and O–H groups in total. The summed E-state index contributed by atoms with van der Waals surface area (Å²) < 4.78 is 12.1. The second-order valence-corrected chi connectivity index (χ2v) is 6.05. The number of hydrogen-bond acceptors (Lipinski definition) is 3. The van der Waals surface area contributed by atoms with Gasteiger partial charge < -0.3 is 14.8 Å². The fourth-order valence-electron chi connectivity index (χ4n) is 1.57. The molecule has 0 atom stereocenters. The molecule has 0 bridgehead atoms. The molecule has 4 heteroatoms. The maximum atomic E-state index is 5.69. The Kier molecular flexibility index (Phi) is 5.47. The summed E-state index contributed by atoms with van der Waals surface area (Å²) in [6, 6.07) is 3.98. The lowest BCUT2D eigenvalue weighted by atomic mass is 10.1. The van der Waals surface area contributed by atoms with Crippen LogP contribution in [-0.2, 0) is 6.54 Å². The Bertz CT molecular complexity index is 400. The zero-order valence-corrected chi connectivity index (χ0v) is 13.3. The molecule has 102 valence electrons. The van der Waals surface area contributed by atoms with Gasteiger partial charge in [-0.05, 0) is 39.8 Å². The molecule has 1 aromatic carbocycles. The van der Waals surface area contributed by atoms with Crippen molar-refractivity contribution in [3.05, 3.63) is 22.2 Å². The van der Waals surface area contributed by atoms with Gasteiger partial charge in [-0.1, -0.05) is 15.9 Å². The summed E-state index contributed by atoms with van der Waals surface area (Å²) in [6.07, 6.45) is 0. The van der Waals surface area contributed by atoms with E-state index in [1.54, 1.807) is 7.11 Å². The Labute approximate surface area is 118 Å². The van der Waals surface area contributed by atoms with Gasteiger partial charge in [-0.15, -0.1) is 0 Å². The van der Waals surface area contributed by atoms with Gasteiger partial charge in [0.2, 0.25) is 0 Å². The van der Waals surface area contributed by atoms with Gasteiger partial charge in [-0.25, -0.2) is 0 Å². The van der Waals surface area contributed by atoms with Crippen LogP contribution in [0.3, 0.4) is 0 Å². The molecule has 3 nitrogen and oxygen atoms in total. The molecule has 1 aromatic rings. The Morgan fingerprint density at radius 3 is 2.44 bits per heavy atom. The van der Waals surface area contributed by atoms with Crippen molar-refractivity contribution in [1.82, 2.24) is 5.32 Å². The molecule has 0 aliphatic heterocycles. The first-order chi connectivity index (χ1) is 8.37. The highest BCUT2D eigenvalue weighted by Gasteiger charge is 2.15. The average molecular weight is 316 g/mol. The van der Waals surface area contributed by atoms with Gasteiger partial charge in [0, 0.05) is 22.1 Å². The van der Waals surface area contributed by atoms with Crippen LogP contribution in [0.1, 0.15) is 33.3 Å². The van der Waals surface area contributed by atoms with E-state index in [1.165, 1.54) is 0 Å². The Balaban J connectivity index is 3.03. The summed E-state index contributed by atoms with van der Waals surface area (Å²) in [6.45, 7) is 9.77. The molecular formula is C14H22BrNO2. The fourth-order valence-corrected chi connectivity index (χ4v) is 2.06. The highest BCUT2D eigenvalue weighted by molar-refractivity contribution is 9.10. The first-order valence-electron chi connectivity index (χ1n) is 6.11. The Morgan fingerprint density at radius 1 is 1.28 bits per heavy atom. The second-order valence-electron chi connectivity index (χ2n) is 5.13. The lowest BCUT2D eigenvalue weighted by Gasteiger charge is -2.22. The Morgan fingerprint density at radius 2 is 1.94 bits per heavy atom. The standard InChI is InChI=1S/C14H22BrNO2/c1-6-18-13-10(9-16-14(2,3)4)7-11(15)8-12(13)17-5/h7-8,16H,6,9H2,1-5H3. The topological polar surface area (TPSA) is 30.5 Å². The van der Waals surface area contributed by atoms with Gasteiger partial charge in [0.25, 0.3) is 0 Å². The van der Waals surface area contributed by atoms with E-state index in [0.717, 1.165) is 28.1 Å². The van der Waals surface area contributed by atoms with Crippen LogP contribution in [0.4, 0.5) is 0 Å².